The molecule has 3 rings (SSSR count). The van der Waals surface area contributed by atoms with Gasteiger partial charge in [-0.2, -0.15) is 0 Å². The molecule has 0 fully saturated rings. The highest BCUT2D eigenvalue weighted by molar-refractivity contribution is 7.12. The SMILES string of the molecule is O=C(O)c1cc(-c2cccc3c2CCNC3)cs1. The maximum Gasteiger partial charge on any atom is 0.345 e. The lowest BCUT2D eigenvalue weighted by Gasteiger charge is -2.19. The van der Waals surface area contributed by atoms with Gasteiger partial charge in [-0.3, -0.25) is 0 Å². The Morgan fingerprint density at radius 1 is 1.39 bits per heavy atom. The molecule has 0 atom stereocenters. The average Bonchev–Trinajstić information content (AvgIpc) is 2.87. The molecule has 0 saturated heterocycles. The summed E-state index contributed by atoms with van der Waals surface area (Å²) in [5.74, 6) is -0.849. The number of nitrogens with one attached hydrogen (secondary N) is 1. The van der Waals surface area contributed by atoms with Gasteiger partial charge in [-0.25, -0.2) is 4.79 Å². The van der Waals surface area contributed by atoms with Gasteiger partial charge < -0.3 is 10.4 Å². The van der Waals surface area contributed by atoms with Crippen LogP contribution in [0.2, 0.25) is 0 Å². The average molecular weight is 259 g/mol. The van der Waals surface area contributed by atoms with E-state index < -0.39 is 5.97 Å². The van der Waals surface area contributed by atoms with Gasteiger partial charge in [-0.1, -0.05) is 18.2 Å². The third-order valence-corrected chi connectivity index (χ3v) is 4.18. The summed E-state index contributed by atoms with van der Waals surface area (Å²) in [5, 5.41) is 14.3. The second kappa shape index (κ2) is 4.55. The molecule has 1 aliphatic heterocycles. The lowest BCUT2D eigenvalue weighted by molar-refractivity contribution is 0.0702. The number of carboxylic acid groups (broad SMARTS) is 1. The number of hydrogen-bond donors (Lipinski definition) is 2. The van der Waals surface area contributed by atoms with Crippen molar-refractivity contribution in [2.45, 2.75) is 13.0 Å². The lowest BCUT2D eigenvalue weighted by atomic mass is 9.92. The van der Waals surface area contributed by atoms with Crippen molar-refractivity contribution in [2.24, 2.45) is 0 Å². The first-order valence-corrected chi connectivity index (χ1v) is 6.77. The van der Waals surface area contributed by atoms with Crippen molar-refractivity contribution in [2.75, 3.05) is 6.54 Å². The maximum absolute atomic E-state index is 10.9. The highest BCUT2D eigenvalue weighted by Gasteiger charge is 2.15. The van der Waals surface area contributed by atoms with Crippen LogP contribution >= 0.6 is 11.3 Å². The van der Waals surface area contributed by atoms with Crippen LogP contribution in [0.3, 0.4) is 0 Å². The van der Waals surface area contributed by atoms with Gasteiger partial charge in [0.25, 0.3) is 0 Å². The molecule has 3 nitrogen and oxygen atoms in total. The third kappa shape index (κ3) is 1.94. The molecule has 1 aromatic heterocycles. The fraction of sp³-hybridized carbons (Fsp3) is 0.214. The quantitative estimate of drug-likeness (QED) is 0.872. The van der Waals surface area contributed by atoms with E-state index in [1.807, 2.05) is 11.4 Å². The van der Waals surface area contributed by atoms with E-state index in [-0.39, 0.29) is 0 Å². The smallest absolute Gasteiger partial charge is 0.345 e. The Morgan fingerprint density at radius 2 is 2.28 bits per heavy atom. The monoisotopic (exact) mass is 259 g/mol. The van der Waals surface area contributed by atoms with E-state index in [4.69, 9.17) is 5.11 Å². The number of thiophene rings is 1. The third-order valence-electron chi connectivity index (χ3n) is 3.26. The van der Waals surface area contributed by atoms with Gasteiger partial charge >= 0.3 is 5.97 Å². The van der Waals surface area contributed by atoms with E-state index in [1.54, 1.807) is 6.07 Å². The molecular weight excluding hydrogens is 246 g/mol. The highest BCUT2D eigenvalue weighted by atomic mass is 32.1. The molecule has 2 N–H and O–H groups in total. The number of fused-ring (bicyclic) bond motifs is 1. The molecule has 0 aliphatic carbocycles. The first-order chi connectivity index (χ1) is 8.75. The maximum atomic E-state index is 10.9. The molecule has 2 aromatic rings. The standard InChI is InChI=1S/C14H13NO2S/c16-14(17)13-6-10(8-18-13)11-3-1-2-9-7-15-5-4-12(9)11/h1-3,6,8,15H,4-5,7H2,(H,16,17). The molecular formula is C14H13NO2S. The van der Waals surface area contributed by atoms with Crippen molar-refractivity contribution in [3.8, 4) is 11.1 Å². The molecule has 2 heterocycles. The summed E-state index contributed by atoms with van der Waals surface area (Å²) in [6.45, 7) is 1.89. The van der Waals surface area contributed by atoms with Crippen molar-refractivity contribution in [1.82, 2.24) is 5.32 Å². The van der Waals surface area contributed by atoms with Gasteiger partial charge in [-0.15, -0.1) is 11.3 Å². The van der Waals surface area contributed by atoms with Gasteiger partial charge in [0.1, 0.15) is 4.88 Å². The molecule has 0 bridgehead atoms. The normalized spacial score (nSPS) is 14.2. The minimum Gasteiger partial charge on any atom is -0.477 e. The van der Waals surface area contributed by atoms with E-state index in [9.17, 15) is 4.79 Å². The van der Waals surface area contributed by atoms with Crippen LogP contribution in [0.4, 0.5) is 0 Å². The fourth-order valence-corrected chi connectivity index (χ4v) is 3.14. The van der Waals surface area contributed by atoms with Crippen molar-refractivity contribution in [3.05, 3.63) is 45.6 Å². The second-order valence-corrected chi connectivity index (χ2v) is 5.29. The molecule has 0 amide bonds. The van der Waals surface area contributed by atoms with Gasteiger partial charge in [0.15, 0.2) is 0 Å². The highest BCUT2D eigenvalue weighted by Crippen LogP contribution is 2.31. The molecule has 0 radical (unpaired) electrons. The number of hydrogen-bond acceptors (Lipinski definition) is 3. The molecule has 1 aromatic carbocycles. The zero-order chi connectivity index (χ0) is 12.5. The summed E-state index contributed by atoms with van der Waals surface area (Å²) >= 11 is 1.29. The second-order valence-electron chi connectivity index (χ2n) is 4.37. The lowest BCUT2D eigenvalue weighted by Crippen LogP contribution is -2.23. The summed E-state index contributed by atoms with van der Waals surface area (Å²) < 4.78 is 0. The van der Waals surface area contributed by atoms with E-state index in [0.717, 1.165) is 25.1 Å². The Bertz CT molecular complexity index is 604. The molecule has 92 valence electrons. The van der Waals surface area contributed by atoms with Crippen molar-refractivity contribution < 1.29 is 9.90 Å². The first-order valence-electron chi connectivity index (χ1n) is 5.89. The minimum atomic E-state index is -0.849. The van der Waals surface area contributed by atoms with Crippen LogP contribution in [0.25, 0.3) is 11.1 Å². The summed E-state index contributed by atoms with van der Waals surface area (Å²) in [7, 11) is 0. The van der Waals surface area contributed by atoms with Crippen LogP contribution in [-0.4, -0.2) is 17.6 Å². The Balaban J connectivity index is 2.08. The molecule has 0 saturated carbocycles. The van der Waals surface area contributed by atoms with Crippen LogP contribution in [0.1, 0.15) is 20.8 Å². The van der Waals surface area contributed by atoms with Crippen molar-refractivity contribution >= 4 is 17.3 Å². The summed E-state index contributed by atoms with van der Waals surface area (Å²) in [4.78, 5) is 11.3. The number of benzene rings is 1. The van der Waals surface area contributed by atoms with Gasteiger partial charge in [0.2, 0.25) is 0 Å². The van der Waals surface area contributed by atoms with Gasteiger partial charge in [-0.05, 0) is 46.7 Å². The molecule has 0 unspecified atom stereocenters. The van der Waals surface area contributed by atoms with Crippen LogP contribution in [0.5, 0.6) is 0 Å². The van der Waals surface area contributed by atoms with Gasteiger partial charge in [0, 0.05) is 6.54 Å². The Hall–Kier alpha value is -1.65. The molecule has 1 aliphatic rings. The topological polar surface area (TPSA) is 49.3 Å². The first kappa shape index (κ1) is 11.4. The summed E-state index contributed by atoms with van der Waals surface area (Å²) in [6.07, 6.45) is 1.00. The number of aromatic carboxylic acids is 1. The Morgan fingerprint density at radius 3 is 3.06 bits per heavy atom. The van der Waals surface area contributed by atoms with Crippen LogP contribution in [0, 0.1) is 0 Å². The number of carboxylic acids is 1. The van der Waals surface area contributed by atoms with E-state index >= 15 is 0 Å². The Kier molecular flexibility index (Phi) is 2.89. The number of rotatable bonds is 2. The fourth-order valence-electron chi connectivity index (χ4n) is 2.39. The summed E-state index contributed by atoms with van der Waals surface area (Å²) in [6, 6.07) is 8.03. The number of carbonyl (C=O) groups is 1. The van der Waals surface area contributed by atoms with Gasteiger partial charge in [0.05, 0.1) is 0 Å². The van der Waals surface area contributed by atoms with Crippen molar-refractivity contribution in [1.29, 1.82) is 0 Å². The minimum absolute atomic E-state index is 0.400. The van der Waals surface area contributed by atoms with E-state index in [1.165, 1.54) is 28.0 Å². The van der Waals surface area contributed by atoms with E-state index in [0.29, 0.717) is 4.88 Å². The largest absolute Gasteiger partial charge is 0.477 e. The van der Waals surface area contributed by atoms with Crippen LogP contribution < -0.4 is 5.32 Å². The molecule has 18 heavy (non-hydrogen) atoms. The van der Waals surface area contributed by atoms with Crippen LogP contribution in [-0.2, 0) is 13.0 Å². The molecule has 4 heteroatoms. The zero-order valence-electron chi connectivity index (χ0n) is 9.77. The predicted molar refractivity (Wildman–Crippen MR) is 72.1 cm³/mol. The molecule has 0 spiro atoms. The zero-order valence-corrected chi connectivity index (χ0v) is 10.6. The van der Waals surface area contributed by atoms with E-state index in [2.05, 4.69) is 17.4 Å². The van der Waals surface area contributed by atoms with Crippen LogP contribution in [0.15, 0.2) is 29.6 Å². The predicted octanol–water partition coefficient (Wildman–Crippen LogP) is 2.76. The van der Waals surface area contributed by atoms with Crippen molar-refractivity contribution in [3.63, 3.8) is 0 Å². The Labute approximate surface area is 109 Å². The summed E-state index contributed by atoms with van der Waals surface area (Å²) in [5.41, 5.74) is 4.88.